The zero-order valence-corrected chi connectivity index (χ0v) is 12.3. The van der Waals surface area contributed by atoms with E-state index in [4.69, 9.17) is 22.0 Å². The maximum atomic E-state index is 12.2. The van der Waals surface area contributed by atoms with E-state index >= 15 is 0 Å². The second-order valence-corrected chi connectivity index (χ2v) is 6.31. The highest BCUT2D eigenvalue weighted by Crippen LogP contribution is 2.22. The minimum Gasteiger partial charge on any atom is -0.392 e. The van der Waals surface area contributed by atoms with Crippen LogP contribution in [-0.2, 0) is 16.6 Å². The first kappa shape index (κ1) is 15.3. The van der Waals surface area contributed by atoms with Gasteiger partial charge in [-0.15, -0.1) is 0 Å². The maximum Gasteiger partial charge on any atom is 0.261 e. The summed E-state index contributed by atoms with van der Waals surface area (Å²) in [4.78, 5) is -0.0408. The topological polar surface area (TPSA) is 90.2 Å². The molecule has 2 N–H and O–H groups in total. The summed E-state index contributed by atoms with van der Waals surface area (Å²) >= 11 is 5.84. The number of halogens is 1. The zero-order valence-electron chi connectivity index (χ0n) is 10.7. The molecule has 2 aromatic rings. The average Bonchev–Trinajstić information content (AvgIpc) is 2.47. The largest absolute Gasteiger partial charge is 0.392 e. The molecule has 0 bridgehead atoms. The average molecular weight is 323 g/mol. The van der Waals surface area contributed by atoms with Crippen molar-refractivity contribution in [3.63, 3.8) is 0 Å². The van der Waals surface area contributed by atoms with Crippen molar-refractivity contribution in [3.8, 4) is 6.07 Å². The van der Waals surface area contributed by atoms with E-state index in [0.29, 0.717) is 11.3 Å². The van der Waals surface area contributed by atoms with Crippen LogP contribution in [0.2, 0.25) is 5.02 Å². The van der Waals surface area contributed by atoms with E-state index in [1.54, 1.807) is 18.2 Å². The summed E-state index contributed by atoms with van der Waals surface area (Å²) in [6.45, 7) is -0.182. The minimum atomic E-state index is -3.81. The molecule has 21 heavy (non-hydrogen) atoms. The summed E-state index contributed by atoms with van der Waals surface area (Å²) in [5.41, 5.74) is 1.13. The van der Waals surface area contributed by atoms with Crippen molar-refractivity contribution >= 4 is 27.3 Å². The molecular formula is C14H11ClN2O3S. The van der Waals surface area contributed by atoms with E-state index < -0.39 is 10.0 Å². The third-order valence-corrected chi connectivity index (χ3v) is 4.42. The number of hydrogen-bond acceptors (Lipinski definition) is 4. The predicted octanol–water partition coefficient (Wildman–Crippen LogP) is 2.50. The van der Waals surface area contributed by atoms with E-state index in [1.165, 1.54) is 24.3 Å². The molecule has 0 atom stereocenters. The summed E-state index contributed by atoms with van der Waals surface area (Å²) < 4.78 is 26.9. The van der Waals surface area contributed by atoms with Gasteiger partial charge in [0.1, 0.15) is 6.07 Å². The Labute approximate surface area is 127 Å². The highest BCUT2D eigenvalue weighted by Gasteiger charge is 2.16. The second kappa shape index (κ2) is 6.14. The van der Waals surface area contributed by atoms with Crippen LogP contribution in [-0.4, -0.2) is 13.5 Å². The van der Waals surface area contributed by atoms with Gasteiger partial charge < -0.3 is 5.11 Å². The molecule has 0 saturated carbocycles. The Morgan fingerprint density at radius 2 is 2.00 bits per heavy atom. The van der Waals surface area contributed by atoms with Gasteiger partial charge in [-0.2, -0.15) is 5.26 Å². The van der Waals surface area contributed by atoms with Crippen molar-refractivity contribution in [2.24, 2.45) is 0 Å². The number of hydrogen-bond donors (Lipinski definition) is 2. The fraction of sp³-hybridized carbons (Fsp3) is 0.0714. The molecule has 0 saturated heterocycles. The molecule has 7 heteroatoms. The van der Waals surface area contributed by atoms with Crippen LogP contribution in [0.25, 0.3) is 0 Å². The summed E-state index contributed by atoms with van der Waals surface area (Å²) in [7, 11) is -3.81. The number of aliphatic hydroxyl groups is 1. The van der Waals surface area contributed by atoms with Crippen LogP contribution in [0, 0.1) is 11.3 Å². The Hall–Kier alpha value is -2.07. The number of nitriles is 1. The van der Waals surface area contributed by atoms with Crippen molar-refractivity contribution in [3.05, 3.63) is 58.6 Å². The monoisotopic (exact) mass is 322 g/mol. The van der Waals surface area contributed by atoms with Gasteiger partial charge in [-0.1, -0.05) is 23.7 Å². The van der Waals surface area contributed by atoms with Crippen LogP contribution in [0.3, 0.4) is 0 Å². The van der Waals surface area contributed by atoms with Gasteiger partial charge in [-0.25, -0.2) is 8.42 Å². The van der Waals surface area contributed by atoms with Crippen molar-refractivity contribution < 1.29 is 13.5 Å². The lowest BCUT2D eigenvalue weighted by molar-refractivity contribution is 0.282. The molecule has 0 aliphatic heterocycles. The fourth-order valence-electron chi connectivity index (χ4n) is 1.70. The van der Waals surface area contributed by atoms with Crippen molar-refractivity contribution in [1.29, 1.82) is 5.26 Å². The van der Waals surface area contributed by atoms with Gasteiger partial charge in [-0.3, -0.25) is 4.72 Å². The van der Waals surface area contributed by atoms with Crippen molar-refractivity contribution in [1.82, 2.24) is 0 Å². The third kappa shape index (κ3) is 3.52. The SMILES string of the molecule is N#Cc1ccc(S(=O)(=O)Nc2cccc(CO)c2)cc1Cl. The van der Waals surface area contributed by atoms with Crippen molar-refractivity contribution in [2.45, 2.75) is 11.5 Å². The number of anilines is 1. The maximum absolute atomic E-state index is 12.2. The fourth-order valence-corrected chi connectivity index (χ4v) is 3.06. The molecule has 0 fully saturated rings. The van der Waals surface area contributed by atoms with Gasteiger partial charge in [0.15, 0.2) is 0 Å². The summed E-state index contributed by atoms with van der Waals surface area (Å²) in [5.74, 6) is 0. The Kier molecular flexibility index (Phi) is 4.48. The lowest BCUT2D eigenvalue weighted by Crippen LogP contribution is -2.13. The van der Waals surface area contributed by atoms with Gasteiger partial charge in [-0.05, 0) is 35.9 Å². The quantitative estimate of drug-likeness (QED) is 0.905. The van der Waals surface area contributed by atoms with Gasteiger partial charge in [0.05, 0.1) is 22.1 Å². The van der Waals surface area contributed by atoms with Crippen LogP contribution in [0.5, 0.6) is 0 Å². The smallest absolute Gasteiger partial charge is 0.261 e. The summed E-state index contributed by atoms with van der Waals surface area (Å²) in [6, 6.07) is 12.2. The standard InChI is InChI=1S/C14H11ClN2O3S/c15-14-7-13(5-4-11(14)8-16)21(19,20)17-12-3-1-2-10(6-12)9-18/h1-7,17-18H,9H2. The van der Waals surface area contributed by atoms with E-state index in [-0.39, 0.29) is 22.1 Å². The van der Waals surface area contributed by atoms with Gasteiger partial charge >= 0.3 is 0 Å². The van der Waals surface area contributed by atoms with Gasteiger partial charge in [0.25, 0.3) is 10.0 Å². The lowest BCUT2D eigenvalue weighted by Gasteiger charge is -2.09. The van der Waals surface area contributed by atoms with Crippen LogP contribution < -0.4 is 4.72 Å². The molecule has 0 spiro atoms. The van der Waals surface area contributed by atoms with Crippen molar-refractivity contribution in [2.75, 3.05) is 4.72 Å². The molecule has 2 aromatic carbocycles. The molecule has 0 aliphatic carbocycles. The summed E-state index contributed by atoms with van der Waals surface area (Å²) in [6.07, 6.45) is 0. The Morgan fingerprint density at radius 3 is 2.62 bits per heavy atom. The van der Waals surface area contributed by atoms with Crippen LogP contribution in [0.1, 0.15) is 11.1 Å². The first-order valence-corrected chi connectivity index (χ1v) is 7.74. The highest BCUT2D eigenvalue weighted by molar-refractivity contribution is 7.92. The minimum absolute atomic E-state index is 0.0408. The van der Waals surface area contributed by atoms with E-state index in [9.17, 15) is 8.42 Å². The molecule has 0 heterocycles. The molecule has 0 radical (unpaired) electrons. The number of nitrogens with zero attached hydrogens (tertiary/aromatic N) is 1. The Morgan fingerprint density at radius 1 is 1.24 bits per heavy atom. The van der Waals surface area contributed by atoms with E-state index in [0.717, 1.165) is 0 Å². The van der Waals surface area contributed by atoms with E-state index in [2.05, 4.69) is 4.72 Å². The lowest BCUT2D eigenvalue weighted by atomic mass is 10.2. The molecule has 0 aliphatic rings. The third-order valence-electron chi connectivity index (χ3n) is 2.73. The summed E-state index contributed by atoms with van der Waals surface area (Å²) in [5, 5.41) is 17.9. The molecular weight excluding hydrogens is 312 g/mol. The number of aliphatic hydroxyl groups excluding tert-OH is 1. The molecule has 0 amide bonds. The number of benzene rings is 2. The van der Waals surface area contributed by atoms with Gasteiger partial charge in [0.2, 0.25) is 0 Å². The second-order valence-electron chi connectivity index (χ2n) is 4.22. The van der Waals surface area contributed by atoms with Gasteiger partial charge in [0, 0.05) is 5.69 Å². The van der Waals surface area contributed by atoms with Crippen LogP contribution >= 0.6 is 11.6 Å². The Balaban J connectivity index is 2.34. The predicted molar refractivity (Wildman–Crippen MR) is 79.3 cm³/mol. The molecule has 108 valence electrons. The number of nitrogens with one attached hydrogen (secondary N) is 1. The zero-order chi connectivity index (χ0) is 15.5. The molecule has 5 nitrogen and oxygen atoms in total. The number of sulfonamides is 1. The highest BCUT2D eigenvalue weighted by atomic mass is 35.5. The number of rotatable bonds is 4. The van der Waals surface area contributed by atoms with E-state index in [1.807, 2.05) is 6.07 Å². The van der Waals surface area contributed by atoms with Crippen LogP contribution in [0.4, 0.5) is 5.69 Å². The molecule has 2 rings (SSSR count). The normalized spacial score (nSPS) is 10.9. The molecule has 0 aromatic heterocycles. The first-order valence-electron chi connectivity index (χ1n) is 5.88. The van der Waals surface area contributed by atoms with Crippen LogP contribution in [0.15, 0.2) is 47.4 Å². The Bertz CT molecular complexity index is 813. The first-order chi connectivity index (χ1) is 9.96. The molecule has 0 unspecified atom stereocenters.